The van der Waals surface area contributed by atoms with Gasteiger partial charge in [0.05, 0.1) is 16.5 Å². The molecule has 1 atom stereocenters. The SMILES string of the molecule is COc1ccc(S(=O)(=O)NC(C)(CN)C2CC2)cc1Br. The molecule has 3 N–H and O–H groups in total. The number of sulfonamides is 1. The largest absolute Gasteiger partial charge is 0.496 e. The minimum atomic E-state index is -3.60. The maximum absolute atomic E-state index is 12.5. The Morgan fingerprint density at radius 3 is 2.60 bits per heavy atom. The van der Waals surface area contributed by atoms with Gasteiger partial charge in [-0.05, 0) is 59.8 Å². The van der Waals surface area contributed by atoms with Crippen LogP contribution in [0.25, 0.3) is 0 Å². The van der Waals surface area contributed by atoms with Gasteiger partial charge in [0.25, 0.3) is 0 Å². The summed E-state index contributed by atoms with van der Waals surface area (Å²) in [5, 5.41) is 0. The zero-order valence-electron chi connectivity index (χ0n) is 11.5. The van der Waals surface area contributed by atoms with Crippen LogP contribution in [0.1, 0.15) is 19.8 Å². The lowest BCUT2D eigenvalue weighted by molar-refractivity contribution is 0.374. The van der Waals surface area contributed by atoms with Crippen LogP contribution in [0.3, 0.4) is 0 Å². The molecule has 0 radical (unpaired) electrons. The third-order valence-electron chi connectivity index (χ3n) is 3.70. The van der Waals surface area contributed by atoms with E-state index in [-0.39, 0.29) is 11.4 Å². The summed E-state index contributed by atoms with van der Waals surface area (Å²) in [4.78, 5) is 0.200. The molecule has 0 saturated heterocycles. The van der Waals surface area contributed by atoms with Crippen molar-refractivity contribution in [3.63, 3.8) is 0 Å². The van der Waals surface area contributed by atoms with Crippen molar-refractivity contribution in [1.29, 1.82) is 0 Å². The lowest BCUT2D eigenvalue weighted by Crippen LogP contribution is -2.52. The van der Waals surface area contributed by atoms with Crippen molar-refractivity contribution in [2.45, 2.75) is 30.2 Å². The van der Waals surface area contributed by atoms with Crippen molar-refractivity contribution < 1.29 is 13.2 Å². The van der Waals surface area contributed by atoms with E-state index in [1.165, 1.54) is 19.2 Å². The smallest absolute Gasteiger partial charge is 0.241 e. The highest BCUT2D eigenvalue weighted by atomic mass is 79.9. The Kier molecular flexibility index (Phi) is 4.44. The minimum Gasteiger partial charge on any atom is -0.496 e. The second-order valence-corrected chi connectivity index (χ2v) is 7.83. The van der Waals surface area contributed by atoms with Crippen molar-refractivity contribution in [2.24, 2.45) is 11.7 Å². The predicted molar refractivity (Wildman–Crippen MR) is 81.2 cm³/mol. The minimum absolute atomic E-state index is 0.200. The quantitative estimate of drug-likeness (QED) is 0.809. The normalized spacial score (nSPS) is 18.6. The molecule has 1 fully saturated rings. The molecule has 1 aromatic rings. The van der Waals surface area contributed by atoms with Gasteiger partial charge < -0.3 is 10.5 Å². The fourth-order valence-electron chi connectivity index (χ4n) is 2.19. The number of methoxy groups -OCH3 is 1. The monoisotopic (exact) mass is 362 g/mol. The molecule has 0 aliphatic heterocycles. The summed E-state index contributed by atoms with van der Waals surface area (Å²) in [6, 6.07) is 4.68. The molecule has 0 bridgehead atoms. The van der Waals surface area contributed by atoms with Crippen LogP contribution < -0.4 is 15.2 Å². The summed E-state index contributed by atoms with van der Waals surface area (Å²) in [5.74, 6) is 0.914. The van der Waals surface area contributed by atoms with Gasteiger partial charge in [0, 0.05) is 12.1 Å². The van der Waals surface area contributed by atoms with Crippen LogP contribution in [-0.2, 0) is 10.0 Å². The van der Waals surface area contributed by atoms with Crippen molar-refractivity contribution in [1.82, 2.24) is 4.72 Å². The number of hydrogen-bond acceptors (Lipinski definition) is 4. The van der Waals surface area contributed by atoms with E-state index >= 15 is 0 Å². The van der Waals surface area contributed by atoms with Crippen molar-refractivity contribution in [2.75, 3.05) is 13.7 Å². The Morgan fingerprint density at radius 1 is 1.50 bits per heavy atom. The zero-order chi connectivity index (χ0) is 15.0. The summed E-state index contributed by atoms with van der Waals surface area (Å²) >= 11 is 3.30. The molecule has 1 aliphatic carbocycles. The first-order valence-corrected chi connectivity index (χ1v) is 8.67. The average Bonchev–Trinajstić information content (AvgIpc) is 3.22. The third kappa shape index (κ3) is 3.16. The van der Waals surface area contributed by atoms with Gasteiger partial charge in [-0.15, -0.1) is 0 Å². The molecule has 0 spiro atoms. The molecule has 1 aliphatic rings. The Bertz CT molecular complexity index is 602. The highest BCUT2D eigenvalue weighted by Gasteiger charge is 2.43. The van der Waals surface area contributed by atoms with E-state index in [0.29, 0.717) is 16.1 Å². The summed E-state index contributed by atoms with van der Waals surface area (Å²) in [6.07, 6.45) is 2.03. The fourth-order valence-corrected chi connectivity index (χ4v) is 4.39. The van der Waals surface area contributed by atoms with Gasteiger partial charge in [0.2, 0.25) is 10.0 Å². The van der Waals surface area contributed by atoms with Gasteiger partial charge in [-0.1, -0.05) is 0 Å². The number of nitrogens with one attached hydrogen (secondary N) is 1. The van der Waals surface area contributed by atoms with E-state index < -0.39 is 15.6 Å². The molecule has 20 heavy (non-hydrogen) atoms. The van der Waals surface area contributed by atoms with Crippen LogP contribution in [0.15, 0.2) is 27.6 Å². The van der Waals surface area contributed by atoms with Crippen LogP contribution in [0.5, 0.6) is 5.75 Å². The number of ether oxygens (including phenoxy) is 1. The summed E-state index contributed by atoms with van der Waals surface area (Å²) < 4.78 is 33.4. The summed E-state index contributed by atoms with van der Waals surface area (Å²) in [5.41, 5.74) is 5.17. The van der Waals surface area contributed by atoms with Gasteiger partial charge in [-0.2, -0.15) is 0 Å². The molecule has 0 heterocycles. The molecule has 5 nitrogen and oxygen atoms in total. The first kappa shape index (κ1) is 15.8. The van der Waals surface area contributed by atoms with Crippen molar-refractivity contribution in [3.8, 4) is 5.75 Å². The maximum Gasteiger partial charge on any atom is 0.241 e. The Morgan fingerprint density at radius 2 is 2.15 bits per heavy atom. The van der Waals surface area contributed by atoms with Crippen molar-refractivity contribution in [3.05, 3.63) is 22.7 Å². The van der Waals surface area contributed by atoms with Gasteiger partial charge in [-0.3, -0.25) is 0 Å². The van der Waals surface area contributed by atoms with E-state index in [2.05, 4.69) is 20.7 Å². The molecule has 1 unspecified atom stereocenters. The van der Waals surface area contributed by atoms with Gasteiger partial charge in [0.1, 0.15) is 5.75 Å². The van der Waals surface area contributed by atoms with Crippen LogP contribution in [-0.4, -0.2) is 27.6 Å². The molecule has 1 aromatic carbocycles. The van der Waals surface area contributed by atoms with Crippen LogP contribution in [0.4, 0.5) is 0 Å². The zero-order valence-corrected chi connectivity index (χ0v) is 13.9. The van der Waals surface area contributed by atoms with Gasteiger partial charge in [-0.25, -0.2) is 13.1 Å². The number of rotatable bonds is 6. The molecule has 112 valence electrons. The molecule has 0 aromatic heterocycles. The predicted octanol–water partition coefficient (Wildman–Crippen LogP) is 1.86. The van der Waals surface area contributed by atoms with E-state index in [1.807, 2.05) is 6.92 Å². The number of halogens is 1. The molecule has 1 saturated carbocycles. The fraction of sp³-hybridized carbons (Fsp3) is 0.538. The summed E-state index contributed by atoms with van der Waals surface area (Å²) in [6.45, 7) is 2.15. The Labute approximate surface area is 128 Å². The van der Waals surface area contributed by atoms with E-state index in [1.54, 1.807) is 6.07 Å². The molecular weight excluding hydrogens is 344 g/mol. The van der Waals surface area contributed by atoms with E-state index in [9.17, 15) is 8.42 Å². The first-order chi connectivity index (χ1) is 9.32. The highest BCUT2D eigenvalue weighted by molar-refractivity contribution is 9.10. The number of benzene rings is 1. The summed E-state index contributed by atoms with van der Waals surface area (Å²) in [7, 11) is -2.07. The van der Waals surface area contributed by atoms with E-state index in [0.717, 1.165) is 12.8 Å². The standard InChI is InChI=1S/C13H19BrN2O3S/c1-13(8-15,9-3-4-9)16-20(17,18)10-5-6-12(19-2)11(14)7-10/h5-7,9,16H,3-4,8,15H2,1-2H3. The molecule has 2 rings (SSSR count). The van der Waals surface area contributed by atoms with Crippen LogP contribution in [0.2, 0.25) is 0 Å². The van der Waals surface area contributed by atoms with Crippen LogP contribution in [0, 0.1) is 5.92 Å². The Hall–Kier alpha value is -0.630. The topological polar surface area (TPSA) is 81.4 Å². The second kappa shape index (κ2) is 5.63. The molecule has 7 heteroatoms. The molecule has 0 amide bonds. The highest BCUT2D eigenvalue weighted by Crippen LogP contribution is 2.40. The Balaban J connectivity index is 2.28. The lowest BCUT2D eigenvalue weighted by Gasteiger charge is -2.29. The number of hydrogen-bond donors (Lipinski definition) is 2. The number of nitrogens with two attached hydrogens (primary N) is 1. The van der Waals surface area contributed by atoms with Gasteiger partial charge >= 0.3 is 0 Å². The maximum atomic E-state index is 12.5. The third-order valence-corrected chi connectivity index (χ3v) is 5.93. The first-order valence-electron chi connectivity index (χ1n) is 6.40. The lowest BCUT2D eigenvalue weighted by atomic mass is 9.98. The molecular formula is C13H19BrN2O3S. The van der Waals surface area contributed by atoms with Crippen molar-refractivity contribution >= 4 is 26.0 Å². The van der Waals surface area contributed by atoms with Crippen LogP contribution >= 0.6 is 15.9 Å². The average molecular weight is 363 g/mol. The van der Waals surface area contributed by atoms with E-state index in [4.69, 9.17) is 10.5 Å². The van der Waals surface area contributed by atoms with Gasteiger partial charge in [0.15, 0.2) is 0 Å². The second-order valence-electron chi connectivity index (χ2n) is 5.30.